The number of nitrogens with zero attached hydrogens (tertiary/aromatic N) is 2. The van der Waals surface area contributed by atoms with Crippen molar-refractivity contribution >= 4 is 63.2 Å². The second kappa shape index (κ2) is 7.87. The number of pyridine rings is 1. The van der Waals surface area contributed by atoms with E-state index in [0.29, 0.717) is 9.93 Å². The fraction of sp³-hybridized carbons (Fsp3) is 0.0500. The van der Waals surface area contributed by atoms with Gasteiger partial charge in [0.2, 0.25) is 0 Å². The van der Waals surface area contributed by atoms with E-state index >= 15 is 0 Å². The number of hydrogen-bond acceptors (Lipinski definition) is 6. The molecule has 3 aromatic rings. The van der Waals surface area contributed by atoms with Crippen LogP contribution in [0.4, 0.5) is 0 Å². The Balaban J connectivity index is 1.82. The second-order valence-corrected chi connectivity index (χ2v) is 8.42. The molecule has 0 fully saturated rings. The molecule has 4 rings (SSSR count). The molecule has 0 aliphatic carbocycles. The van der Waals surface area contributed by atoms with E-state index in [4.69, 9.17) is 27.1 Å². The molecule has 28 heavy (non-hydrogen) atoms. The van der Waals surface area contributed by atoms with Crippen LogP contribution in [0.1, 0.15) is 5.56 Å². The summed E-state index contributed by atoms with van der Waals surface area (Å²) < 4.78 is 5.31. The van der Waals surface area contributed by atoms with Crippen LogP contribution in [0.5, 0.6) is 5.75 Å². The molecule has 5 nitrogen and oxygen atoms in total. The second-order valence-electron chi connectivity index (χ2n) is 5.86. The number of thioether (sulfide) groups is 1. The number of ether oxygens (including phenoxy) is 1. The molecule has 1 amide bonds. The monoisotopic (exact) mass is 427 g/mol. The van der Waals surface area contributed by atoms with E-state index in [1.165, 1.54) is 11.8 Å². The summed E-state index contributed by atoms with van der Waals surface area (Å²) in [7, 11) is 1.62. The van der Waals surface area contributed by atoms with Crippen LogP contribution in [0.25, 0.3) is 17.0 Å². The summed E-state index contributed by atoms with van der Waals surface area (Å²) in [4.78, 5) is 22.1. The molecule has 1 aliphatic rings. The van der Waals surface area contributed by atoms with E-state index in [1.807, 2.05) is 48.5 Å². The van der Waals surface area contributed by atoms with Gasteiger partial charge in [-0.3, -0.25) is 4.79 Å². The van der Waals surface area contributed by atoms with Crippen LogP contribution in [0.2, 0.25) is 5.02 Å². The van der Waals surface area contributed by atoms with Gasteiger partial charge < -0.3 is 10.5 Å². The third kappa shape index (κ3) is 4.01. The molecular formula is C20H14ClN3O2S2. The molecule has 2 N–H and O–H groups in total. The number of hydrogen-bond donors (Lipinski definition) is 1. The number of halogens is 1. The van der Waals surface area contributed by atoms with Crippen LogP contribution < -0.4 is 10.5 Å². The van der Waals surface area contributed by atoms with Crippen molar-refractivity contribution < 1.29 is 9.53 Å². The van der Waals surface area contributed by atoms with Gasteiger partial charge in [0, 0.05) is 26.9 Å². The minimum atomic E-state index is -0.334. The first-order chi connectivity index (χ1) is 13.5. The number of amides is 1. The highest BCUT2D eigenvalue weighted by atomic mass is 35.5. The summed E-state index contributed by atoms with van der Waals surface area (Å²) in [6.07, 6.45) is 1.78. The van der Waals surface area contributed by atoms with E-state index in [9.17, 15) is 4.79 Å². The van der Waals surface area contributed by atoms with Crippen LogP contribution in [0.15, 0.2) is 68.3 Å². The van der Waals surface area contributed by atoms with Gasteiger partial charge in [-0.05, 0) is 60.3 Å². The van der Waals surface area contributed by atoms with Crippen molar-refractivity contribution in [1.29, 1.82) is 0 Å². The lowest BCUT2D eigenvalue weighted by atomic mass is 10.1. The molecule has 0 bridgehead atoms. The third-order valence-electron chi connectivity index (χ3n) is 3.97. The van der Waals surface area contributed by atoms with Crippen molar-refractivity contribution in [1.82, 2.24) is 4.98 Å². The first-order valence-corrected chi connectivity index (χ1v) is 10.2. The van der Waals surface area contributed by atoms with E-state index < -0.39 is 0 Å². The van der Waals surface area contributed by atoms with Crippen LogP contribution in [-0.2, 0) is 4.79 Å². The van der Waals surface area contributed by atoms with Gasteiger partial charge in [-0.25, -0.2) is 4.98 Å². The summed E-state index contributed by atoms with van der Waals surface area (Å²) in [5.41, 5.74) is 7.29. The molecule has 0 spiro atoms. The number of rotatable bonds is 4. The maximum Gasteiger partial charge on any atom is 0.286 e. The average Bonchev–Trinajstić information content (AvgIpc) is 3.00. The van der Waals surface area contributed by atoms with Gasteiger partial charge in [0.1, 0.15) is 10.8 Å². The van der Waals surface area contributed by atoms with Crippen molar-refractivity contribution in [3.8, 4) is 5.75 Å². The van der Waals surface area contributed by atoms with Gasteiger partial charge in [-0.1, -0.05) is 23.4 Å². The SMILES string of the molecule is COc1ccc2cc(/C=C3/SC(N)=NC3=O)c(Sc3ccc(Cl)cc3)nc2c1. The highest BCUT2D eigenvalue weighted by molar-refractivity contribution is 8.18. The zero-order valence-corrected chi connectivity index (χ0v) is 17.1. The molecule has 0 saturated carbocycles. The Morgan fingerprint density at radius 1 is 1.18 bits per heavy atom. The molecular weight excluding hydrogens is 414 g/mol. The number of carbonyl (C=O) groups excluding carboxylic acids is 1. The zero-order chi connectivity index (χ0) is 19.7. The van der Waals surface area contributed by atoms with Crippen molar-refractivity contribution in [2.24, 2.45) is 10.7 Å². The number of methoxy groups -OCH3 is 1. The summed E-state index contributed by atoms with van der Waals surface area (Å²) in [6, 6.07) is 15.2. The number of amidine groups is 1. The van der Waals surface area contributed by atoms with E-state index in [0.717, 1.165) is 43.9 Å². The predicted molar refractivity (Wildman–Crippen MR) is 116 cm³/mol. The molecule has 0 radical (unpaired) electrons. The summed E-state index contributed by atoms with van der Waals surface area (Å²) in [6.45, 7) is 0. The Kier molecular flexibility index (Phi) is 5.30. The lowest BCUT2D eigenvalue weighted by molar-refractivity contribution is -0.113. The number of benzene rings is 2. The molecule has 0 unspecified atom stereocenters. The lowest BCUT2D eigenvalue weighted by Gasteiger charge is -2.09. The molecule has 8 heteroatoms. The largest absolute Gasteiger partial charge is 0.497 e. The number of aliphatic imine (C=N–C) groups is 1. The van der Waals surface area contributed by atoms with E-state index in [1.54, 1.807) is 13.2 Å². The lowest BCUT2D eigenvalue weighted by Crippen LogP contribution is -2.01. The smallest absolute Gasteiger partial charge is 0.286 e. The van der Waals surface area contributed by atoms with Gasteiger partial charge in [0.05, 0.1) is 17.5 Å². The Hall–Kier alpha value is -2.48. The maximum atomic E-state index is 12.0. The molecule has 2 heterocycles. The van der Waals surface area contributed by atoms with Crippen LogP contribution in [-0.4, -0.2) is 23.2 Å². The summed E-state index contributed by atoms with van der Waals surface area (Å²) in [5.74, 6) is 0.399. The number of fused-ring (bicyclic) bond motifs is 1. The number of nitrogens with two attached hydrogens (primary N) is 1. The van der Waals surface area contributed by atoms with Crippen molar-refractivity contribution in [2.75, 3.05) is 7.11 Å². The highest BCUT2D eigenvalue weighted by Crippen LogP contribution is 2.35. The Morgan fingerprint density at radius 2 is 1.96 bits per heavy atom. The molecule has 140 valence electrons. The van der Waals surface area contributed by atoms with Gasteiger partial charge in [-0.2, -0.15) is 4.99 Å². The molecule has 1 aromatic heterocycles. The fourth-order valence-electron chi connectivity index (χ4n) is 2.64. The Labute approximate surface area is 175 Å². The van der Waals surface area contributed by atoms with Crippen LogP contribution >= 0.6 is 35.1 Å². The van der Waals surface area contributed by atoms with Crippen molar-refractivity contribution in [2.45, 2.75) is 9.92 Å². The molecule has 1 aliphatic heterocycles. The van der Waals surface area contributed by atoms with Gasteiger partial charge >= 0.3 is 0 Å². The van der Waals surface area contributed by atoms with Gasteiger partial charge in [-0.15, -0.1) is 0 Å². The van der Waals surface area contributed by atoms with Crippen molar-refractivity contribution in [3.63, 3.8) is 0 Å². The quantitative estimate of drug-likeness (QED) is 0.592. The molecule has 0 atom stereocenters. The normalized spacial score (nSPS) is 15.3. The standard InChI is InChI=1S/C20H14ClN3O2S2/c1-26-14-5-2-11-8-12(9-17-18(25)24-20(22)28-17)19(23-16(11)10-14)27-15-6-3-13(21)4-7-15/h2-10H,1H3,(H2,22,24,25)/b17-9+. The molecule has 2 aromatic carbocycles. The van der Waals surface area contributed by atoms with Crippen molar-refractivity contribution in [3.05, 3.63) is 64.0 Å². The van der Waals surface area contributed by atoms with E-state index in [2.05, 4.69) is 4.99 Å². The zero-order valence-electron chi connectivity index (χ0n) is 14.7. The minimum Gasteiger partial charge on any atom is -0.497 e. The van der Waals surface area contributed by atoms with Crippen LogP contribution in [0.3, 0.4) is 0 Å². The summed E-state index contributed by atoms with van der Waals surface area (Å²) in [5, 5.41) is 2.62. The minimum absolute atomic E-state index is 0.252. The number of carbonyl (C=O) groups is 1. The topological polar surface area (TPSA) is 77.6 Å². The summed E-state index contributed by atoms with van der Waals surface area (Å²) >= 11 is 8.64. The Morgan fingerprint density at radius 3 is 2.64 bits per heavy atom. The first-order valence-electron chi connectivity index (χ1n) is 8.22. The Bertz CT molecular complexity index is 1140. The average molecular weight is 428 g/mol. The van der Waals surface area contributed by atoms with Crippen LogP contribution in [0, 0.1) is 0 Å². The highest BCUT2D eigenvalue weighted by Gasteiger charge is 2.20. The molecule has 0 saturated heterocycles. The first kappa shape index (κ1) is 18.9. The maximum absolute atomic E-state index is 12.0. The number of aromatic nitrogens is 1. The van der Waals surface area contributed by atoms with Gasteiger partial charge in [0.15, 0.2) is 5.17 Å². The third-order valence-corrected chi connectivity index (χ3v) is 6.06. The predicted octanol–water partition coefficient (Wildman–Crippen LogP) is 4.98. The van der Waals surface area contributed by atoms with E-state index in [-0.39, 0.29) is 11.1 Å². The van der Waals surface area contributed by atoms with Gasteiger partial charge in [0.25, 0.3) is 5.91 Å². The fourth-order valence-corrected chi connectivity index (χ4v) is 4.31.